The van der Waals surface area contributed by atoms with E-state index < -0.39 is 0 Å². The smallest absolute Gasteiger partial charge is 0.222 e. The molecule has 0 aliphatic carbocycles. The predicted octanol–water partition coefficient (Wildman–Crippen LogP) is 2.63. The van der Waals surface area contributed by atoms with Crippen LogP contribution in [0.1, 0.15) is 52.2 Å². The second kappa shape index (κ2) is 9.57. The maximum absolute atomic E-state index is 11.0. The molecule has 0 spiro atoms. The largest absolute Gasteiger partial charge is 0.329 e. The molecule has 1 N–H and O–H groups in total. The third-order valence-corrected chi connectivity index (χ3v) is 1.50. The van der Waals surface area contributed by atoms with Gasteiger partial charge in [-0.3, -0.25) is 9.59 Å². The van der Waals surface area contributed by atoms with Crippen LogP contribution in [-0.4, -0.2) is 21.2 Å². The highest BCUT2D eigenvalue weighted by Crippen LogP contribution is 2.06. The number of hydrogen-bond donors (Lipinski definition) is 1. The fourth-order valence-corrected chi connectivity index (χ4v) is 1.03. The zero-order chi connectivity index (χ0) is 14.0. The number of carbonyl (C=O) groups is 2. The van der Waals surface area contributed by atoms with Crippen LogP contribution in [0.5, 0.6) is 0 Å². The highest BCUT2D eigenvalue weighted by molar-refractivity contribution is 5.92. The molecule has 5 nitrogen and oxygen atoms in total. The first-order valence-electron chi connectivity index (χ1n) is 5.82. The van der Waals surface area contributed by atoms with Crippen molar-refractivity contribution >= 4 is 17.5 Å². The molecule has 0 saturated heterocycles. The second-order valence-electron chi connectivity index (χ2n) is 2.80. The minimum absolute atomic E-state index is 0.126. The van der Waals surface area contributed by atoms with E-state index in [9.17, 15) is 9.59 Å². The lowest BCUT2D eigenvalue weighted by molar-refractivity contribution is -0.114. The maximum atomic E-state index is 11.0. The molecule has 1 heterocycles. The molecule has 0 aliphatic rings. The lowest BCUT2D eigenvalue weighted by Gasteiger charge is -1.92. The van der Waals surface area contributed by atoms with E-state index in [4.69, 9.17) is 0 Å². The van der Waals surface area contributed by atoms with Crippen LogP contribution >= 0.6 is 0 Å². The number of Topliss-reactive ketones (excluding diaryl/α,β-unsaturated/α-hetero) is 1. The van der Waals surface area contributed by atoms with E-state index in [0.717, 1.165) is 0 Å². The average molecular weight is 241 g/mol. The van der Waals surface area contributed by atoms with Crippen molar-refractivity contribution in [2.24, 2.45) is 7.05 Å². The summed E-state index contributed by atoms with van der Waals surface area (Å²) in [7, 11) is 1.70. The number of rotatable bonds is 2. The van der Waals surface area contributed by atoms with Crippen LogP contribution in [0.15, 0.2) is 6.20 Å². The van der Waals surface area contributed by atoms with E-state index in [-0.39, 0.29) is 11.7 Å². The summed E-state index contributed by atoms with van der Waals surface area (Å²) in [6.07, 6.45) is 1.60. The Labute approximate surface area is 103 Å². The third kappa shape index (κ3) is 6.50. The highest BCUT2D eigenvalue weighted by atomic mass is 16.1. The monoisotopic (exact) mass is 241 g/mol. The Bertz CT molecular complexity index is 357. The number of amides is 1. The van der Waals surface area contributed by atoms with Gasteiger partial charge in [-0.1, -0.05) is 27.7 Å². The Morgan fingerprint density at radius 1 is 1.18 bits per heavy atom. The Morgan fingerprint density at radius 2 is 1.65 bits per heavy atom. The molecule has 0 fully saturated rings. The summed E-state index contributed by atoms with van der Waals surface area (Å²) < 4.78 is 1.58. The van der Waals surface area contributed by atoms with E-state index in [1.807, 2.05) is 27.7 Å². The molecule has 5 heteroatoms. The van der Waals surface area contributed by atoms with Crippen molar-refractivity contribution in [2.45, 2.75) is 41.5 Å². The molecule has 0 aromatic carbocycles. The first-order chi connectivity index (χ1) is 8.00. The SMILES string of the molecule is CC.CC.CC(=O)Nc1cn(C)c(C(C)=O)n1. The summed E-state index contributed by atoms with van der Waals surface area (Å²) in [6, 6.07) is 0. The lowest BCUT2D eigenvalue weighted by Crippen LogP contribution is -2.06. The lowest BCUT2D eigenvalue weighted by atomic mass is 10.4. The van der Waals surface area contributed by atoms with E-state index in [2.05, 4.69) is 10.3 Å². The number of imidazole rings is 1. The van der Waals surface area contributed by atoms with Crippen molar-refractivity contribution in [1.82, 2.24) is 9.55 Å². The Balaban J connectivity index is 0. The van der Waals surface area contributed by atoms with Crippen molar-refractivity contribution in [1.29, 1.82) is 0 Å². The van der Waals surface area contributed by atoms with E-state index in [0.29, 0.717) is 11.6 Å². The van der Waals surface area contributed by atoms with Crippen LogP contribution in [0.25, 0.3) is 0 Å². The highest BCUT2D eigenvalue weighted by Gasteiger charge is 2.09. The van der Waals surface area contributed by atoms with Gasteiger partial charge >= 0.3 is 0 Å². The van der Waals surface area contributed by atoms with Crippen molar-refractivity contribution < 1.29 is 9.59 Å². The maximum Gasteiger partial charge on any atom is 0.222 e. The van der Waals surface area contributed by atoms with Gasteiger partial charge in [0, 0.05) is 27.1 Å². The predicted molar refractivity (Wildman–Crippen MR) is 70.2 cm³/mol. The van der Waals surface area contributed by atoms with Crippen LogP contribution in [-0.2, 0) is 11.8 Å². The van der Waals surface area contributed by atoms with Crippen molar-refractivity contribution in [2.75, 3.05) is 5.32 Å². The van der Waals surface area contributed by atoms with Gasteiger partial charge in [-0.25, -0.2) is 4.98 Å². The first-order valence-corrected chi connectivity index (χ1v) is 5.82. The summed E-state index contributed by atoms with van der Waals surface area (Å²) in [5, 5.41) is 2.50. The molecule has 1 aromatic rings. The van der Waals surface area contributed by atoms with Crippen LogP contribution in [0.3, 0.4) is 0 Å². The van der Waals surface area contributed by atoms with E-state index in [1.54, 1.807) is 17.8 Å². The van der Waals surface area contributed by atoms with Crippen molar-refractivity contribution in [3.8, 4) is 0 Å². The number of aryl methyl sites for hydroxylation is 1. The van der Waals surface area contributed by atoms with Gasteiger partial charge in [-0.2, -0.15) is 0 Å². The molecule has 1 amide bonds. The van der Waals surface area contributed by atoms with Crippen LogP contribution < -0.4 is 5.32 Å². The number of hydrogen-bond acceptors (Lipinski definition) is 3. The molecule has 17 heavy (non-hydrogen) atoms. The van der Waals surface area contributed by atoms with Crippen molar-refractivity contribution in [3.05, 3.63) is 12.0 Å². The minimum atomic E-state index is -0.201. The molecule has 1 aromatic heterocycles. The number of anilines is 1. The fraction of sp³-hybridized carbons (Fsp3) is 0.583. The number of nitrogens with one attached hydrogen (secondary N) is 1. The Kier molecular flexibility index (Phi) is 9.98. The zero-order valence-electron chi connectivity index (χ0n) is 11.8. The topological polar surface area (TPSA) is 64.0 Å². The summed E-state index contributed by atoms with van der Waals surface area (Å²) in [6.45, 7) is 10.8. The summed E-state index contributed by atoms with van der Waals surface area (Å²) in [4.78, 5) is 25.6. The molecular weight excluding hydrogens is 218 g/mol. The van der Waals surface area contributed by atoms with E-state index in [1.165, 1.54) is 13.8 Å². The van der Waals surface area contributed by atoms with Gasteiger partial charge in [-0.05, 0) is 0 Å². The number of ketones is 1. The number of aromatic nitrogens is 2. The molecule has 0 aliphatic heterocycles. The van der Waals surface area contributed by atoms with Crippen LogP contribution in [0, 0.1) is 0 Å². The second-order valence-corrected chi connectivity index (χ2v) is 2.80. The summed E-state index contributed by atoms with van der Waals surface area (Å²) in [5.41, 5.74) is 0. The van der Waals surface area contributed by atoms with Gasteiger partial charge in [0.25, 0.3) is 0 Å². The molecule has 0 atom stereocenters. The summed E-state index contributed by atoms with van der Waals surface area (Å²) >= 11 is 0. The number of carbonyl (C=O) groups excluding carboxylic acids is 2. The Morgan fingerprint density at radius 3 is 1.94 bits per heavy atom. The zero-order valence-corrected chi connectivity index (χ0v) is 11.8. The van der Waals surface area contributed by atoms with Gasteiger partial charge in [-0.15, -0.1) is 0 Å². The van der Waals surface area contributed by atoms with Crippen molar-refractivity contribution in [3.63, 3.8) is 0 Å². The van der Waals surface area contributed by atoms with Gasteiger partial charge in [0.2, 0.25) is 5.91 Å². The molecule has 0 unspecified atom stereocenters. The first kappa shape index (κ1) is 17.7. The van der Waals surface area contributed by atoms with Gasteiger partial charge in [0.05, 0.1) is 0 Å². The minimum Gasteiger partial charge on any atom is -0.329 e. The third-order valence-electron chi connectivity index (χ3n) is 1.50. The quantitative estimate of drug-likeness (QED) is 0.809. The molecule has 0 radical (unpaired) electrons. The summed E-state index contributed by atoms with van der Waals surface area (Å²) in [5.74, 6) is 0.413. The molecule has 1 rings (SSSR count). The molecule has 0 bridgehead atoms. The van der Waals surface area contributed by atoms with Gasteiger partial charge in [0.15, 0.2) is 17.4 Å². The fourth-order valence-electron chi connectivity index (χ4n) is 1.03. The van der Waals surface area contributed by atoms with Gasteiger partial charge in [0.1, 0.15) is 0 Å². The molecular formula is C12H23N3O2. The average Bonchev–Trinajstić information content (AvgIpc) is 2.64. The Hall–Kier alpha value is -1.65. The van der Waals surface area contributed by atoms with Gasteiger partial charge < -0.3 is 9.88 Å². The normalized spacial score (nSPS) is 8.18. The molecule has 0 saturated carbocycles. The van der Waals surface area contributed by atoms with E-state index >= 15 is 0 Å². The van der Waals surface area contributed by atoms with Crippen LogP contribution in [0.4, 0.5) is 5.82 Å². The van der Waals surface area contributed by atoms with Crippen LogP contribution in [0.2, 0.25) is 0 Å². The number of nitrogens with zero attached hydrogens (tertiary/aromatic N) is 2. The molecule has 98 valence electrons. The standard InChI is InChI=1S/C8H11N3O2.2C2H6/c1-5(12)8-10-7(4-11(8)3)9-6(2)13;2*1-2/h4H,1-3H3,(H,9,13);2*1-2H3.